The molecule has 0 radical (unpaired) electrons. The Morgan fingerprint density at radius 2 is 2.00 bits per heavy atom. The summed E-state index contributed by atoms with van der Waals surface area (Å²) in [5, 5.41) is 13.0. The second kappa shape index (κ2) is 7.51. The van der Waals surface area contributed by atoms with Crippen molar-refractivity contribution in [1.29, 1.82) is 0 Å². The average Bonchev–Trinajstić information content (AvgIpc) is 3.43. The first-order valence-electron chi connectivity index (χ1n) is 9.91. The first-order valence-corrected chi connectivity index (χ1v) is 12.4. The van der Waals surface area contributed by atoms with Gasteiger partial charge in [-0.2, -0.15) is 4.31 Å². The summed E-state index contributed by atoms with van der Waals surface area (Å²) in [7, 11) is -2.40. The lowest BCUT2D eigenvalue weighted by molar-refractivity contribution is -0.385. The Labute approximate surface area is 184 Å². The fourth-order valence-electron chi connectivity index (χ4n) is 4.57. The van der Waals surface area contributed by atoms with E-state index in [4.69, 9.17) is 4.74 Å². The first kappa shape index (κ1) is 20.3. The molecule has 5 rings (SSSR count). The number of methoxy groups -OCH3 is 1. The number of hydrogen-bond acceptors (Lipinski definition) is 6. The van der Waals surface area contributed by atoms with Gasteiger partial charge in [-0.3, -0.25) is 10.1 Å². The van der Waals surface area contributed by atoms with E-state index in [9.17, 15) is 18.5 Å². The lowest BCUT2D eigenvalue weighted by Gasteiger charge is -2.25. The molecule has 1 atom stereocenters. The second-order valence-corrected chi connectivity index (χ2v) is 10.6. The number of nitrogens with zero attached hydrogens (tertiary/aromatic N) is 2. The van der Waals surface area contributed by atoms with Crippen LogP contribution >= 0.6 is 11.8 Å². The molecule has 0 saturated carbocycles. The number of nitro groups is 1. The number of nitro benzene ring substituents is 1. The van der Waals surface area contributed by atoms with E-state index in [1.165, 1.54) is 40.9 Å². The molecule has 1 unspecified atom stereocenters. The largest absolute Gasteiger partial charge is 0.490 e. The summed E-state index contributed by atoms with van der Waals surface area (Å²) in [6.45, 7) is 0.358. The number of hydrogen-bond donors (Lipinski definition) is 0. The minimum atomic E-state index is -3.77. The maximum Gasteiger partial charge on any atom is 0.311 e. The van der Waals surface area contributed by atoms with Crippen molar-refractivity contribution >= 4 is 38.2 Å². The van der Waals surface area contributed by atoms with Crippen molar-refractivity contribution in [2.75, 3.05) is 19.4 Å². The van der Waals surface area contributed by atoms with E-state index < -0.39 is 20.3 Å². The van der Waals surface area contributed by atoms with Gasteiger partial charge in [-0.25, -0.2) is 8.42 Å². The zero-order chi connectivity index (χ0) is 21.8. The predicted molar refractivity (Wildman–Crippen MR) is 120 cm³/mol. The number of ether oxygens (including phenoxy) is 1. The maximum absolute atomic E-state index is 13.8. The highest BCUT2D eigenvalue weighted by Gasteiger charge is 2.39. The molecule has 1 heterocycles. The van der Waals surface area contributed by atoms with Crippen LogP contribution in [0, 0.1) is 10.1 Å². The van der Waals surface area contributed by atoms with Crippen LogP contribution in [0.4, 0.5) is 5.69 Å². The smallest absolute Gasteiger partial charge is 0.311 e. The van der Waals surface area contributed by atoms with Crippen LogP contribution in [0.5, 0.6) is 5.75 Å². The van der Waals surface area contributed by atoms with Crippen molar-refractivity contribution in [1.82, 2.24) is 4.31 Å². The van der Waals surface area contributed by atoms with Crippen LogP contribution in [0.2, 0.25) is 0 Å². The van der Waals surface area contributed by atoms with Crippen LogP contribution in [0.15, 0.2) is 53.4 Å². The molecule has 1 aliphatic carbocycles. The summed E-state index contributed by atoms with van der Waals surface area (Å²) in [6, 6.07) is 14.3. The molecule has 0 aromatic heterocycles. The van der Waals surface area contributed by atoms with Gasteiger partial charge in [0.1, 0.15) is 0 Å². The lowest BCUT2D eigenvalue weighted by Crippen LogP contribution is -2.31. The number of aryl methyl sites for hydroxylation is 2. The van der Waals surface area contributed by atoms with Crippen LogP contribution in [0.3, 0.4) is 0 Å². The van der Waals surface area contributed by atoms with Gasteiger partial charge in [0.25, 0.3) is 0 Å². The topological polar surface area (TPSA) is 89.8 Å². The summed E-state index contributed by atoms with van der Waals surface area (Å²) < 4.78 is 34.1. The normalized spacial score (nSPS) is 18.5. The third-order valence-corrected chi connectivity index (χ3v) is 9.30. The van der Waals surface area contributed by atoms with Crippen molar-refractivity contribution in [2.24, 2.45) is 0 Å². The highest BCUT2D eigenvalue weighted by atomic mass is 32.2. The summed E-state index contributed by atoms with van der Waals surface area (Å²) in [5.74, 6) is 0.777. The zero-order valence-corrected chi connectivity index (χ0v) is 18.4. The molecular weight excluding hydrogens is 436 g/mol. The minimum absolute atomic E-state index is 0.154. The fraction of sp³-hybridized carbons (Fsp3) is 0.273. The number of benzene rings is 3. The summed E-state index contributed by atoms with van der Waals surface area (Å²) in [5.41, 5.74) is 2.47. The third-order valence-electron chi connectivity index (χ3n) is 5.96. The van der Waals surface area contributed by atoms with Crippen LogP contribution in [0.1, 0.15) is 22.1 Å². The van der Waals surface area contributed by atoms with Gasteiger partial charge < -0.3 is 4.74 Å². The minimum Gasteiger partial charge on any atom is -0.490 e. The molecule has 1 aliphatic heterocycles. The Morgan fingerprint density at radius 1 is 1.16 bits per heavy atom. The van der Waals surface area contributed by atoms with Gasteiger partial charge in [0, 0.05) is 18.4 Å². The number of thioether (sulfide) groups is 1. The van der Waals surface area contributed by atoms with E-state index in [0.29, 0.717) is 29.2 Å². The van der Waals surface area contributed by atoms with Crippen molar-refractivity contribution in [3.05, 3.63) is 75.3 Å². The Kier molecular flexibility index (Phi) is 4.91. The van der Waals surface area contributed by atoms with Gasteiger partial charge in [0.05, 0.1) is 22.3 Å². The highest BCUT2D eigenvalue weighted by molar-refractivity contribution is 8.01. The van der Waals surface area contributed by atoms with Crippen molar-refractivity contribution in [3.8, 4) is 5.75 Å². The van der Waals surface area contributed by atoms with E-state index in [2.05, 4.69) is 6.07 Å². The molecule has 3 aromatic carbocycles. The Hall–Kier alpha value is -2.62. The van der Waals surface area contributed by atoms with E-state index >= 15 is 0 Å². The van der Waals surface area contributed by atoms with Crippen molar-refractivity contribution < 1.29 is 18.1 Å². The highest BCUT2D eigenvalue weighted by Crippen LogP contribution is 2.45. The molecule has 160 valence electrons. The SMILES string of the molecule is COc1ccc(C2SCCN2S(=O)(=O)c2ccc3cccc4c3c2CC4)cc1[N+](=O)[O-]. The van der Waals surface area contributed by atoms with E-state index in [1.54, 1.807) is 12.1 Å². The fourth-order valence-corrected chi connectivity index (χ4v) is 8.05. The van der Waals surface area contributed by atoms with Gasteiger partial charge in [-0.15, -0.1) is 11.8 Å². The average molecular weight is 457 g/mol. The molecule has 9 heteroatoms. The number of rotatable bonds is 5. The number of sulfonamides is 1. The molecule has 0 bridgehead atoms. The van der Waals surface area contributed by atoms with Crippen LogP contribution in [-0.2, 0) is 22.9 Å². The van der Waals surface area contributed by atoms with Gasteiger partial charge >= 0.3 is 5.69 Å². The molecule has 7 nitrogen and oxygen atoms in total. The molecular formula is C22H20N2O5S2. The third kappa shape index (κ3) is 3.19. The van der Waals surface area contributed by atoms with Gasteiger partial charge in [-0.1, -0.05) is 30.3 Å². The Morgan fingerprint density at radius 3 is 2.77 bits per heavy atom. The van der Waals surface area contributed by atoms with E-state index in [-0.39, 0.29) is 11.4 Å². The summed E-state index contributed by atoms with van der Waals surface area (Å²) in [4.78, 5) is 11.3. The van der Waals surface area contributed by atoms with E-state index in [1.807, 2.05) is 18.2 Å². The second-order valence-electron chi connectivity index (χ2n) is 7.58. The zero-order valence-electron chi connectivity index (χ0n) is 16.8. The van der Waals surface area contributed by atoms with E-state index in [0.717, 1.165) is 22.8 Å². The molecule has 2 aliphatic rings. The van der Waals surface area contributed by atoms with Crippen LogP contribution in [-0.4, -0.2) is 37.1 Å². The van der Waals surface area contributed by atoms with Gasteiger partial charge in [-0.05, 0) is 52.4 Å². The lowest BCUT2D eigenvalue weighted by atomic mass is 10.1. The summed E-state index contributed by atoms with van der Waals surface area (Å²) in [6.07, 6.45) is 1.53. The Bertz CT molecular complexity index is 1320. The molecule has 1 saturated heterocycles. The summed E-state index contributed by atoms with van der Waals surface area (Å²) >= 11 is 1.47. The quantitative estimate of drug-likeness (QED) is 0.420. The maximum atomic E-state index is 13.8. The predicted octanol–water partition coefficient (Wildman–Crippen LogP) is 4.29. The standard InChI is InChI=1S/C22H20N2O5S2/c1-29-19-9-6-16(13-18(19)24(25)26)22-23(11-12-30-22)31(27,28)20-10-7-15-4-2-3-14-5-8-17(20)21(14)15/h2-4,6-7,9-10,13,22H,5,8,11-12H2,1H3. The molecule has 0 N–H and O–H groups in total. The molecule has 0 spiro atoms. The molecule has 1 fully saturated rings. The first-order chi connectivity index (χ1) is 14.9. The van der Waals surface area contributed by atoms with Crippen molar-refractivity contribution in [2.45, 2.75) is 23.1 Å². The van der Waals surface area contributed by atoms with Crippen molar-refractivity contribution in [3.63, 3.8) is 0 Å². The van der Waals surface area contributed by atoms with Crippen LogP contribution in [0.25, 0.3) is 10.8 Å². The van der Waals surface area contributed by atoms with Gasteiger partial charge in [0.15, 0.2) is 5.75 Å². The molecule has 3 aromatic rings. The van der Waals surface area contributed by atoms with Gasteiger partial charge in [0.2, 0.25) is 10.0 Å². The van der Waals surface area contributed by atoms with Crippen LogP contribution < -0.4 is 4.74 Å². The Balaban J connectivity index is 1.59. The monoisotopic (exact) mass is 456 g/mol. The molecule has 31 heavy (non-hydrogen) atoms. The molecule has 0 amide bonds.